The van der Waals surface area contributed by atoms with Crippen LogP contribution in [0.25, 0.3) is 0 Å². The Labute approximate surface area is 87.5 Å². The van der Waals surface area contributed by atoms with E-state index in [2.05, 4.69) is 12.2 Å². The lowest BCUT2D eigenvalue weighted by Gasteiger charge is -2.15. The first kappa shape index (κ1) is 11.5. The van der Waals surface area contributed by atoms with E-state index in [1.54, 1.807) is 0 Å². The summed E-state index contributed by atoms with van der Waals surface area (Å²) < 4.78 is 0. The lowest BCUT2D eigenvalue weighted by atomic mass is 10.0. The molecule has 1 amide bonds. The predicted molar refractivity (Wildman–Crippen MR) is 59.2 cm³/mol. The zero-order valence-corrected chi connectivity index (χ0v) is 9.35. The minimum absolute atomic E-state index is 0.267. The number of rotatable bonds is 5. The molecule has 0 spiro atoms. The Hall–Kier alpha value is -0.530. The zero-order valence-electron chi connectivity index (χ0n) is 9.35. The standard InChI is InChI=1S/C12H23NO/c1-2-3-4-5-8-11-9-6-7-10-12(14)13-11/h11H,2-10H2,1H3,(H,13,14). The Balaban J connectivity index is 2.12. The van der Waals surface area contributed by atoms with E-state index in [1.807, 2.05) is 0 Å². The summed E-state index contributed by atoms with van der Waals surface area (Å²) in [5, 5.41) is 3.12. The summed E-state index contributed by atoms with van der Waals surface area (Å²) in [5.74, 6) is 0.267. The van der Waals surface area contributed by atoms with Gasteiger partial charge in [0.15, 0.2) is 0 Å². The van der Waals surface area contributed by atoms with Gasteiger partial charge < -0.3 is 5.32 Å². The summed E-state index contributed by atoms with van der Waals surface area (Å²) in [6.07, 6.45) is 10.6. The average molecular weight is 197 g/mol. The molecule has 0 aliphatic carbocycles. The largest absolute Gasteiger partial charge is 0.353 e. The number of hydrogen-bond donors (Lipinski definition) is 1. The molecule has 1 saturated heterocycles. The van der Waals surface area contributed by atoms with Gasteiger partial charge >= 0.3 is 0 Å². The van der Waals surface area contributed by atoms with E-state index in [4.69, 9.17) is 0 Å². The van der Waals surface area contributed by atoms with Crippen molar-refractivity contribution in [3.63, 3.8) is 0 Å². The molecule has 0 bridgehead atoms. The molecular weight excluding hydrogens is 174 g/mol. The molecule has 1 heterocycles. The van der Waals surface area contributed by atoms with Crippen molar-refractivity contribution in [3.8, 4) is 0 Å². The highest BCUT2D eigenvalue weighted by Gasteiger charge is 2.15. The van der Waals surface area contributed by atoms with Crippen LogP contribution in [0.3, 0.4) is 0 Å². The molecule has 0 radical (unpaired) electrons. The third-order valence-electron chi connectivity index (χ3n) is 2.98. The molecule has 0 aromatic carbocycles. The van der Waals surface area contributed by atoms with Gasteiger partial charge in [-0.15, -0.1) is 0 Å². The van der Waals surface area contributed by atoms with Crippen LogP contribution in [0, 0.1) is 0 Å². The second-order valence-electron chi connectivity index (χ2n) is 4.36. The Bertz CT molecular complexity index is 168. The second kappa shape index (κ2) is 6.86. The topological polar surface area (TPSA) is 29.1 Å². The van der Waals surface area contributed by atoms with Gasteiger partial charge in [-0.1, -0.05) is 39.0 Å². The summed E-state index contributed by atoms with van der Waals surface area (Å²) in [6.45, 7) is 2.23. The SMILES string of the molecule is CCCCCCC1CCCCC(=O)N1. The first-order valence-electron chi connectivity index (χ1n) is 6.12. The van der Waals surface area contributed by atoms with Crippen molar-refractivity contribution >= 4 is 5.91 Å². The van der Waals surface area contributed by atoms with Gasteiger partial charge in [0.2, 0.25) is 5.91 Å². The van der Waals surface area contributed by atoms with E-state index < -0.39 is 0 Å². The molecule has 14 heavy (non-hydrogen) atoms. The molecule has 2 nitrogen and oxygen atoms in total. The van der Waals surface area contributed by atoms with Crippen molar-refractivity contribution in [2.24, 2.45) is 0 Å². The average Bonchev–Trinajstić information content (AvgIpc) is 2.38. The molecule has 1 aliphatic heterocycles. The molecule has 1 aliphatic rings. The van der Waals surface area contributed by atoms with Gasteiger partial charge in [-0.05, 0) is 19.3 Å². The van der Waals surface area contributed by atoms with Crippen LogP contribution in [-0.2, 0) is 4.79 Å². The van der Waals surface area contributed by atoms with Crippen LogP contribution in [0.5, 0.6) is 0 Å². The molecular formula is C12H23NO. The highest BCUT2D eigenvalue weighted by molar-refractivity contribution is 5.76. The van der Waals surface area contributed by atoms with E-state index in [1.165, 1.54) is 44.9 Å². The van der Waals surface area contributed by atoms with Gasteiger partial charge in [0.1, 0.15) is 0 Å². The minimum atomic E-state index is 0.267. The van der Waals surface area contributed by atoms with Crippen molar-refractivity contribution in [1.82, 2.24) is 5.32 Å². The van der Waals surface area contributed by atoms with Crippen molar-refractivity contribution in [2.45, 2.75) is 70.8 Å². The number of nitrogens with one attached hydrogen (secondary N) is 1. The lowest BCUT2D eigenvalue weighted by Crippen LogP contribution is -2.32. The number of hydrogen-bond acceptors (Lipinski definition) is 1. The highest BCUT2D eigenvalue weighted by Crippen LogP contribution is 2.14. The van der Waals surface area contributed by atoms with Crippen molar-refractivity contribution < 1.29 is 4.79 Å². The smallest absolute Gasteiger partial charge is 0.220 e. The fraction of sp³-hybridized carbons (Fsp3) is 0.917. The van der Waals surface area contributed by atoms with Crippen molar-refractivity contribution in [1.29, 1.82) is 0 Å². The zero-order chi connectivity index (χ0) is 10.2. The maximum absolute atomic E-state index is 11.3. The van der Waals surface area contributed by atoms with Crippen LogP contribution < -0.4 is 5.32 Å². The number of unbranched alkanes of at least 4 members (excludes halogenated alkanes) is 3. The van der Waals surface area contributed by atoms with Crippen LogP contribution in [0.2, 0.25) is 0 Å². The van der Waals surface area contributed by atoms with Gasteiger partial charge in [-0.2, -0.15) is 0 Å². The summed E-state index contributed by atoms with van der Waals surface area (Å²) in [6, 6.07) is 0.474. The third-order valence-corrected chi connectivity index (χ3v) is 2.98. The molecule has 0 saturated carbocycles. The molecule has 0 aromatic heterocycles. The molecule has 1 atom stereocenters. The van der Waals surface area contributed by atoms with Crippen molar-refractivity contribution in [3.05, 3.63) is 0 Å². The van der Waals surface area contributed by atoms with Crippen LogP contribution >= 0.6 is 0 Å². The quantitative estimate of drug-likeness (QED) is 0.674. The Morgan fingerprint density at radius 1 is 1.29 bits per heavy atom. The molecule has 1 rings (SSSR count). The summed E-state index contributed by atoms with van der Waals surface area (Å²) >= 11 is 0. The highest BCUT2D eigenvalue weighted by atomic mass is 16.1. The molecule has 1 fully saturated rings. The van der Waals surface area contributed by atoms with Crippen molar-refractivity contribution in [2.75, 3.05) is 0 Å². The molecule has 82 valence electrons. The number of carbonyl (C=O) groups is 1. The first-order chi connectivity index (χ1) is 6.83. The molecule has 2 heteroatoms. The fourth-order valence-electron chi connectivity index (χ4n) is 2.08. The first-order valence-corrected chi connectivity index (χ1v) is 6.12. The van der Waals surface area contributed by atoms with E-state index in [9.17, 15) is 4.79 Å². The predicted octanol–water partition coefficient (Wildman–Crippen LogP) is 3.02. The van der Waals surface area contributed by atoms with Gasteiger partial charge in [0.05, 0.1) is 0 Å². The van der Waals surface area contributed by atoms with E-state index in [0.717, 1.165) is 12.8 Å². The molecule has 1 N–H and O–H groups in total. The van der Waals surface area contributed by atoms with Crippen LogP contribution in [0.15, 0.2) is 0 Å². The molecule has 0 aromatic rings. The summed E-state index contributed by atoms with van der Waals surface area (Å²) in [4.78, 5) is 11.3. The van der Waals surface area contributed by atoms with Gasteiger partial charge in [-0.25, -0.2) is 0 Å². The molecule has 1 unspecified atom stereocenters. The van der Waals surface area contributed by atoms with E-state index >= 15 is 0 Å². The van der Waals surface area contributed by atoms with E-state index in [-0.39, 0.29) is 5.91 Å². The Morgan fingerprint density at radius 3 is 2.93 bits per heavy atom. The number of amides is 1. The van der Waals surface area contributed by atoms with Crippen LogP contribution in [-0.4, -0.2) is 11.9 Å². The lowest BCUT2D eigenvalue weighted by molar-refractivity contribution is -0.121. The third kappa shape index (κ3) is 4.64. The summed E-state index contributed by atoms with van der Waals surface area (Å²) in [7, 11) is 0. The van der Waals surface area contributed by atoms with Gasteiger partial charge in [0, 0.05) is 12.5 Å². The maximum Gasteiger partial charge on any atom is 0.220 e. The Morgan fingerprint density at radius 2 is 2.14 bits per heavy atom. The van der Waals surface area contributed by atoms with Gasteiger partial charge in [-0.3, -0.25) is 4.79 Å². The normalized spacial score (nSPS) is 22.9. The van der Waals surface area contributed by atoms with E-state index in [0.29, 0.717) is 6.04 Å². The van der Waals surface area contributed by atoms with Crippen LogP contribution in [0.4, 0.5) is 0 Å². The minimum Gasteiger partial charge on any atom is -0.353 e. The number of carbonyl (C=O) groups excluding carboxylic acids is 1. The monoisotopic (exact) mass is 197 g/mol. The van der Waals surface area contributed by atoms with Gasteiger partial charge in [0.25, 0.3) is 0 Å². The second-order valence-corrected chi connectivity index (χ2v) is 4.36. The van der Waals surface area contributed by atoms with Crippen LogP contribution in [0.1, 0.15) is 64.7 Å². The maximum atomic E-state index is 11.3. The summed E-state index contributed by atoms with van der Waals surface area (Å²) in [5.41, 5.74) is 0. The Kier molecular flexibility index (Phi) is 5.65. The fourth-order valence-corrected chi connectivity index (χ4v) is 2.08.